The molecular weight excluding hydrogens is 238 g/mol. The second-order valence-electron chi connectivity index (χ2n) is 5.94. The summed E-state index contributed by atoms with van der Waals surface area (Å²) in [7, 11) is 1.64. The van der Waals surface area contributed by atoms with Crippen LogP contribution in [0.15, 0.2) is 24.3 Å². The van der Waals surface area contributed by atoms with E-state index in [1.54, 1.807) is 7.11 Å². The van der Waals surface area contributed by atoms with Crippen LogP contribution in [0.4, 0.5) is 0 Å². The van der Waals surface area contributed by atoms with Gasteiger partial charge in [0.25, 0.3) is 0 Å². The van der Waals surface area contributed by atoms with Crippen LogP contribution in [-0.2, 0) is 0 Å². The van der Waals surface area contributed by atoms with Crippen molar-refractivity contribution in [2.75, 3.05) is 20.2 Å². The van der Waals surface area contributed by atoms with Crippen molar-refractivity contribution in [3.8, 4) is 5.75 Å². The maximum atomic E-state index is 10.2. The lowest BCUT2D eigenvalue weighted by atomic mass is 9.89. The highest BCUT2D eigenvalue weighted by Crippen LogP contribution is 2.36. The van der Waals surface area contributed by atoms with E-state index in [-0.39, 0.29) is 0 Å². The van der Waals surface area contributed by atoms with Gasteiger partial charge in [-0.15, -0.1) is 0 Å². The van der Waals surface area contributed by atoms with E-state index in [2.05, 4.69) is 12.2 Å². The fourth-order valence-electron chi connectivity index (χ4n) is 2.88. The van der Waals surface area contributed by atoms with Crippen molar-refractivity contribution >= 4 is 0 Å². The third-order valence-corrected chi connectivity index (χ3v) is 4.18. The van der Waals surface area contributed by atoms with E-state index >= 15 is 0 Å². The Morgan fingerprint density at radius 3 is 2.79 bits per heavy atom. The molecule has 19 heavy (non-hydrogen) atoms. The zero-order valence-corrected chi connectivity index (χ0v) is 12.0. The van der Waals surface area contributed by atoms with E-state index in [1.807, 2.05) is 24.3 Å². The molecule has 1 atom stereocenters. The number of methoxy groups -OCH3 is 1. The first-order valence-electron chi connectivity index (χ1n) is 7.16. The predicted octanol–water partition coefficient (Wildman–Crippen LogP) is 2.90. The molecular formula is C16H25NO2. The molecule has 1 aliphatic carbocycles. The largest absolute Gasteiger partial charge is 0.497 e. The lowest BCUT2D eigenvalue weighted by Gasteiger charge is -2.24. The molecule has 1 aliphatic rings. The normalized spacial score (nSPS) is 19.3. The minimum atomic E-state index is -0.472. The second-order valence-corrected chi connectivity index (χ2v) is 5.94. The molecule has 0 aromatic heterocycles. The van der Waals surface area contributed by atoms with Gasteiger partial charge < -0.3 is 15.2 Å². The molecule has 3 nitrogen and oxygen atoms in total. The number of aliphatic hydroxyl groups is 1. The quantitative estimate of drug-likeness (QED) is 0.829. The number of nitrogens with one attached hydrogen (secondary N) is 1. The molecule has 106 valence electrons. The van der Waals surface area contributed by atoms with Crippen LogP contribution in [-0.4, -0.2) is 25.3 Å². The van der Waals surface area contributed by atoms with Crippen molar-refractivity contribution in [1.82, 2.24) is 5.32 Å². The molecule has 1 aromatic rings. The molecule has 0 saturated heterocycles. The Labute approximate surface area is 116 Å². The molecule has 1 unspecified atom stereocenters. The Morgan fingerprint density at radius 1 is 1.37 bits per heavy atom. The Hall–Kier alpha value is -1.06. The first-order chi connectivity index (χ1) is 9.13. The van der Waals surface area contributed by atoms with Gasteiger partial charge in [-0.1, -0.05) is 31.9 Å². The average molecular weight is 263 g/mol. The van der Waals surface area contributed by atoms with Gasteiger partial charge in [0.1, 0.15) is 5.75 Å². The Kier molecular flexibility index (Phi) is 4.83. The number of hydrogen-bond acceptors (Lipinski definition) is 3. The van der Waals surface area contributed by atoms with Crippen molar-refractivity contribution in [3.63, 3.8) is 0 Å². The van der Waals surface area contributed by atoms with Crippen LogP contribution in [0.5, 0.6) is 5.75 Å². The van der Waals surface area contributed by atoms with Gasteiger partial charge in [-0.2, -0.15) is 0 Å². The molecule has 2 rings (SSSR count). The Morgan fingerprint density at radius 2 is 2.11 bits per heavy atom. The van der Waals surface area contributed by atoms with Gasteiger partial charge in [0.2, 0.25) is 0 Å². The van der Waals surface area contributed by atoms with Crippen LogP contribution in [0.3, 0.4) is 0 Å². The molecule has 0 aliphatic heterocycles. The van der Waals surface area contributed by atoms with Crippen LogP contribution in [0, 0.1) is 5.41 Å². The van der Waals surface area contributed by atoms with Crippen LogP contribution in [0.25, 0.3) is 0 Å². The first kappa shape index (κ1) is 14.4. The third kappa shape index (κ3) is 3.95. The van der Waals surface area contributed by atoms with Crippen molar-refractivity contribution in [2.45, 2.75) is 38.7 Å². The Balaban J connectivity index is 1.81. The fraction of sp³-hybridized carbons (Fsp3) is 0.625. The summed E-state index contributed by atoms with van der Waals surface area (Å²) in [5.41, 5.74) is 1.33. The van der Waals surface area contributed by atoms with Crippen LogP contribution >= 0.6 is 0 Å². The molecule has 0 spiro atoms. The standard InChI is InChI=1S/C16H25NO2/c1-16(8-3-4-9-16)12-17-11-15(18)13-6-5-7-14(10-13)19-2/h5-7,10,15,17-18H,3-4,8-9,11-12H2,1-2H3. The van der Waals surface area contributed by atoms with Crippen LogP contribution in [0.2, 0.25) is 0 Å². The zero-order valence-electron chi connectivity index (χ0n) is 12.0. The van der Waals surface area contributed by atoms with Crippen LogP contribution in [0.1, 0.15) is 44.3 Å². The summed E-state index contributed by atoms with van der Waals surface area (Å²) in [5.74, 6) is 0.791. The van der Waals surface area contributed by atoms with Crippen molar-refractivity contribution in [2.24, 2.45) is 5.41 Å². The molecule has 1 saturated carbocycles. The van der Waals surface area contributed by atoms with E-state index in [1.165, 1.54) is 25.7 Å². The monoisotopic (exact) mass is 263 g/mol. The summed E-state index contributed by atoms with van der Waals surface area (Å²) in [6, 6.07) is 7.63. The lowest BCUT2D eigenvalue weighted by Crippen LogP contribution is -2.32. The third-order valence-electron chi connectivity index (χ3n) is 4.18. The second kappa shape index (κ2) is 6.40. The lowest BCUT2D eigenvalue weighted by molar-refractivity contribution is 0.166. The minimum absolute atomic E-state index is 0.425. The highest BCUT2D eigenvalue weighted by molar-refractivity contribution is 5.29. The van der Waals surface area contributed by atoms with Crippen molar-refractivity contribution < 1.29 is 9.84 Å². The van der Waals surface area contributed by atoms with Crippen molar-refractivity contribution in [1.29, 1.82) is 0 Å². The van der Waals surface area contributed by atoms with Gasteiger partial charge in [-0.25, -0.2) is 0 Å². The summed E-state index contributed by atoms with van der Waals surface area (Å²) < 4.78 is 5.18. The number of aliphatic hydroxyl groups excluding tert-OH is 1. The van der Waals surface area contributed by atoms with E-state index in [0.29, 0.717) is 12.0 Å². The average Bonchev–Trinajstić information content (AvgIpc) is 2.85. The smallest absolute Gasteiger partial charge is 0.119 e. The van der Waals surface area contributed by atoms with Crippen molar-refractivity contribution in [3.05, 3.63) is 29.8 Å². The van der Waals surface area contributed by atoms with Gasteiger partial charge in [0.15, 0.2) is 0 Å². The van der Waals surface area contributed by atoms with E-state index in [9.17, 15) is 5.11 Å². The summed E-state index contributed by atoms with van der Waals surface area (Å²) in [5, 5.41) is 13.6. The van der Waals surface area contributed by atoms with E-state index in [4.69, 9.17) is 4.74 Å². The zero-order chi connectivity index (χ0) is 13.7. The Bertz CT molecular complexity index is 399. The summed E-state index contributed by atoms with van der Waals surface area (Å²) in [6.45, 7) is 3.93. The van der Waals surface area contributed by atoms with Gasteiger partial charge in [0, 0.05) is 13.1 Å². The maximum absolute atomic E-state index is 10.2. The molecule has 3 heteroatoms. The molecule has 1 aromatic carbocycles. The molecule has 1 fully saturated rings. The number of hydrogen-bond donors (Lipinski definition) is 2. The topological polar surface area (TPSA) is 41.5 Å². The van der Waals surface area contributed by atoms with Gasteiger partial charge in [0.05, 0.1) is 13.2 Å². The van der Waals surface area contributed by atoms with Gasteiger partial charge in [-0.05, 0) is 36.0 Å². The number of benzene rings is 1. The van der Waals surface area contributed by atoms with Gasteiger partial charge >= 0.3 is 0 Å². The van der Waals surface area contributed by atoms with Gasteiger partial charge in [-0.3, -0.25) is 0 Å². The molecule has 2 N–H and O–H groups in total. The first-order valence-corrected chi connectivity index (χ1v) is 7.16. The molecule has 0 amide bonds. The fourth-order valence-corrected chi connectivity index (χ4v) is 2.88. The molecule has 0 radical (unpaired) electrons. The highest BCUT2D eigenvalue weighted by atomic mass is 16.5. The number of ether oxygens (including phenoxy) is 1. The molecule has 0 bridgehead atoms. The maximum Gasteiger partial charge on any atom is 0.119 e. The summed E-state index contributed by atoms with van der Waals surface area (Å²) in [6.07, 6.45) is 4.82. The van der Waals surface area contributed by atoms with E-state index < -0.39 is 6.10 Å². The van der Waals surface area contributed by atoms with Crippen LogP contribution < -0.4 is 10.1 Å². The molecule has 0 heterocycles. The highest BCUT2D eigenvalue weighted by Gasteiger charge is 2.28. The van der Waals surface area contributed by atoms with E-state index in [0.717, 1.165) is 17.9 Å². The minimum Gasteiger partial charge on any atom is -0.497 e. The number of rotatable bonds is 6. The predicted molar refractivity (Wildman–Crippen MR) is 77.4 cm³/mol. The summed E-state index contributed by atoms with van der Waals surface area (Å²) >= 11 is 0. The SMILES string of the molecule is COc1cccc(C(O)CNCC2(C)CCCC2)c1. The summed E-state index contributed by atoms with van der Waals surface area (Å²) in [4.78, 5) is 0.